The molecule has 0 atom stereocenters. The van der Waals surface area contributed by atoms with Crippen LogP contribution < -0.4 is 9.80 Å². The maximum absolute atomic E-state index is 5.59. The van der Waals surface area contributed by atoms with Crippen LogP contribution in [0.4, 0.5) is 11.4 Å². The van der Waals surface area contributed by atoms with Crippen molar-refractivity contribution in [2.75, 3.05) is 55.7 Å². The normalized spacial score (nSPS) is 21.8. The summed E-state index contributed by atoms with van der Waals surface area (Å²) in [5.74, 6) is 0. The summed E-state index contributed by atoms with van der Waals surface area (Å²) >= 11 is 0. The van der Waals surface area contributed by atoms with Gasteiger partial charge in [0, 0.05) is 59.6 Å². The molecule has 2 saturated heterocycles. The summed E-state index contributed by atoms with van der Waals surface area (Å²) in [5, 5.41) is 0. The minimum atomic E-state index is 0. The number of para-hydroxylation sites is 2. The van der Waals surface area contributed by atoms with Crippen LogP contribution in [0.1, 0.15) is 106 Å². The smallest absolute Gasteiger partial charge is 0.0474 e. The number of hydrogen-bond acceptors (Lipinski definition) is 4. The Morgan fingerprint density at radius 1 is 0.610 bits per heavy atom. The molecule has 0 N–H and O–H groups in total. The molecule has 0 amide bonds. The van der Waals surface area contributed by atoms with E-state index in [0.29, 0.717) is 10.8 Å². The van der Waals surface area contributed by atoms with Crippen LogP contribution in [0, 0.1) is 0 Å². The third-order valence-electron chi connectivity index (χ3n) is 10.5. The van der Waals surface area contributed by atoms with Gasteiger partial charge in [0.2, 0.25) is 0 Å². The standard InChI is InChI=1S/C19H30N2.C17H25NO.CH4/c1-5-20-13-10-19(11-14-20)12-15-21(18(2,3)4)17-9-7-6-8-16(17)19;1-16(2,3)18-11-8-17(9-12-19-13-10-17)14-6-4-5-7-15(14)18;/h6-9H,5,10-15H2,1-4H3;4-7H,8-13H2,1-3H3;1H4. The van der Waals surface area contributed by atoms with Crippen molar-refractivity contribution in [2.24, 2.45) is 0 Å². The predicted molar refractivity (Wildman–Crippen MR) is 178 cm³/mol. The van der Waals surface area contributed by atoms with Gasteiger partial charge in [-0.25, -0.2) is 0 Å². The molecule has 0 aromatic heterocycles. The molecule has 2 spiro atoms. The third kappa shape index (κ3) is 6.34. The zero-order valence-corrected chi connectivity index (χ0v) is 26.6. The number of benzene rings is 2. The van der Waals surface area contributed by atoms with Crippen molar-refractivity contribution in [2.45, 2.75) is 116 Å². The fourth-order valence-corrected chi connectivity index (χ4v) is 7.97. The van der Waals surface area contributed by atoms with E-state index in [2.05, 4.69) is 112 Å². The van der Waals surface area contributed by atoms with Gasteiger partial charge < -0.3 is 19.4 Å². The Morgan fingerprint density at radius 3 is 1.41 bits per heavy atom. The van der Waals surface area contributed by atoms with Gasteiger partial charge in [0.15, 0.2) is 0 Å². The maximum Gasteiger partial charge on any atom is 0.0474 e. The number of likely N-dealkylation sites (tertiary alicyclic amines) is 1. The summed E-state index contributed by atoms with van der Waals surface area (Å²) in [6.07, 6.45) is 7.61. The molecule has 0 bridgehead atoms. The summed E-state index contributed by atoms with van der Waals surface area (Å²) in [6.45, 7) is 24.2. The van der Waals surface area contributed by atoms with E-state index in [0.717, 1.165) is 13.2 Å². The van der Waals surface area contributed by atoms with E-state index < -0.39 is 0 Å². The predicted octanol–water partition coefficient (Wildman–Crippen LogP) is 8.43. The van der Waals surface area contributed by atoms with Gasteiger partial charge in [-0.1, -0.05) is 50.7 Å². The third-order valence-corrected chi connectivity index (χ3v) is 10.5. The number of nitrogens with zero attached hydrogens (tertiary/aromatic N) is 3. The molecule has 4 heteroatoms. The number of rotatable bonds is 1. The zero-order valence-electron chi connectivity index (χ0n) is 26.6. The van der Waals surface area contributed by atoms with Gasteiger partial charge in [0.05, 0.1) is 0 Å². The van der Waals surface area contributed by atoms with Gasteiger partial charge in [0.1, 0.15) is 0 Å². The van der Waals surface area contributed by atoms with E-state index in [1.165, 1.54) is 82.6 Å². The van der Waals surface area contributed by atoms with Gasteiger partial charge in [-0.05, 0) is 123 Å². The monoisotopic (exact) mass is 561 g/mol. The van der Waals surface area contributed by atoms with Crippen molar-refractivity contribution in [3.8, 4) is 0 Å². The van der Waals surface area contributed by atoms with Crippen LogP contribution in [-0.4, -0.2) is 61.9 Å². The largest absolute Gasteiger partial charge is 0.381 e. The SMILES string of the molecule is C.CC(C)(C)N1CCC2(CCOCC2)c2ccccc21.CCN1CCC2(CC1)CCN(C(C)(C)C)c1ccccc12. The van der Waals surface area contributed by atoms with E-state index in [4.69, 9.17) is 4.74 Å². The Labute approximate surface area is 252 Å². The summed E-state index contributed by atoms with van der Waals surface area (Å²) in [5.41, 5.74) is 7.32. The Balaban J connectivity index is 0.000000185. The van der Waals surface area contributed by atoms with E-state index in [9.17, 15) is 0 Å². The van der Waals surface area contributed by atoms with Crippen LogP contribution in [0.5, 0.6) is 0 Å². The summed E-state index contributed by atoms with van der Waals surface area (Å²) in [7, 11) is 0. The van der Waals surface area contributed by atoms with Crippen LogP contribution in [0.15, 0.2) is 48.5 Å². The molecule has 4 nitrogen and oxygen atoms in total. The average molecular weight is 562 g/mol. The van der Waals surface area contributed by atoms with E-state index in [1.54, 1.807) is 11.1 Å². The number of fused-ring (bicyclic) bond motifs is 4. The highest BCUT2D eigenvalue weighted by Crippen LogP contribution is 2.49. The highest BCUT2D eigenvalue weighted by atomic mass is 16.5. The van der Waals surface area contributed by atoms with Crippen molar-refractivity contribution < 1.29 is 4.74 Å². The Morgan fingerprint density at radius 2 is 1.00 bits per heavy atom. The molecule has 6 rings (SSSR count). The van der Waals surface area contributed by atoms with E-state index in [1.807, 2.05) is 0 Å². The molecule has 0 radical (unpaired) electrons. The van der Waals surface area contributed by atoms with Crippen LogP contribution in [0.25, 0.3) is 0 Å². The summed E-state index contributed by atoms with van der Waals surface area (Å²) < 4.78 is 5.59. The lowest BCUT2D eigenvalue weighted by atomic mass is 9.67. The van der Waals surface area contributed by atoms with Gasteiger partial charge in [-0.3, -0.25) is 0 Å². The Bertz CT molecular complexity index is 1130. The van der Waals surface area contributed by atoms with Crippen molar-refractivity contribution in [1.29, 1.82) is 0 Å². The van der Waals surface area contributed by atoms with Gasteiger partial charge in [-0.15, -0.1) is 0 Å². The highest BCUT2D eigenvalue weighted by molar-refractivity contribution is 5.62. The molecule has 2 aromatic rings. The molecule has 4 aliphatic rings. The molecule has 2 aromatic carbocycles. The second-order valence-electron chi connectivity index (χ2n) is 14.8. The molecule has 0 unspecified atom stereocenters. The van der Waals surface area contributed by atoms with Gasteiger partial charge >= 0.3 is 0 Å². The van der Waals surface area contributed by atoms with Crippen molar-refractivity contribution in [1.82, 2.24) is 4.90 Å². The molecule has 0 saturated carbocycles. The number of hydrogen-bond donors (Lipinski definition) is 0. The van der Waals surface area contributed by atoms with E-state index >= 15 is 0 Å². The molecule has 0 aliphatic carbocycles. The van der Waals surface area contributed by atoms with Crippen LogP contribution in [-0.2, 0) is 15.6 Å². The number of anilines is 2. The van der Waals surface area contributed by atoms with Crippen molar-refractivity contribution in [3.63, 3.8) is 0 Å². The van der Waals surface area contributed by atoms with E-state index in [-0.39, 0.29) is 18.5 Å². The molecule has 41 heavy (non-hydrogen) atoms. The number of piperidine rings is 1. The lowest BCUT2D eigenvalue weighted by Gasteiger charge is -2.51. The second kappa shape index (κ2) is 12.3. The fraction of sp³-hybridized carbons (Fsp3) is 0.676. The molecular weight excluding hydrogens is 502 g/mol. The topological polar surface area (TPSA) is 19.0 Å². The fourth-order valence-electron chi connectivity index (χ4n) is 7.97. The number of ether oxygens (including phenoxy) is 1. The summed E-state index contributed by atoms with van der Waals surface area (Å²) in [6, 6.07) is 18.2. The minimum Gasteiger partial charge on any atom is -0.381 e. The first-order valence-electron chi connectivity index (χ1n) is 16.0. The highest BCUT2D eigenvalue weighted by Gasteiger charge is 2.43. The average Bonchev–Trinajstić information content (AvgIpc) is 2.94. The second-order valence-corrected chi connectivity index (χ2v) is 14.8. The van der Waals surface area contributed by atoms with Gasteiger partial charge in [0.25, 0.3) is 0 Å². The lowest BCUT2D eigenvalue weighted by Crippen LogP contribution is -2.52. The van der Waals surface area contributed by atoms with Crippen LogP contribution >= 0.6 is 0 Å². The molecule has 4 heterocycles. The molecule has 228 valence electrons. The zero-order chi connectivity index (χ0) is 28.6. The molecular formula is C37H59N3O. The van der Waals surface area contributed by atoms with Crippen molar-refractivity contribution >= 4 is 11.4 Å². The Hall–Kier alpha value is -2.04. The first kappa shape index (κ1) is 31.9. The lowest BCUT2D eigenvalue weighted by molar-refractivity contribution is 0.0454. The Kier molecular flexibility index (Phi) is 9.56. The quantitative estimate of drug-likeness (QED) is 0.348. The summed E-state index contributed by atoms with van der Waals surface area (Å²) in [4.78, 5) is 7.78. The molecule has 4 aliphatic heterocycles. The van der Waals surface area contributed by atoms with Crippen LogP contribution in [0.2, 0.25) is 0 Å². The van der Waals surface area contributed by atoms with Gasteiger partial charge in [-0.2, -0.15) is 0 Å². The van der Waals surface area contributed by atoms with Crippen molar-refractivity contribution in [3.05, 3.63) is 59.7 Å². The first-order chi connectivity index (χ1) is 19.0. The molecule has 2 fully saturated rings. The maximum atomic E-state index is 5.59. The minimum absolute atomic E-state index is 0. The first-order valence-corrected chi connectivity index (χ1v) is 16.0. The van der Waals surface area contributed by atoms with Crippen LogP contribution in [0.3, 0.4) is 0 Å².